The van der Waals surface area contributed by atoms with E-state index in [1.165, 1.54) is 0 Å². The Kier molecular flexibility index (Phi) is 4.88. The molecule has 9 heavy (non-hydrogen) atoms. The van der Waals surface area contributed by atoms with E-state index in [-0.39, 0.29) is 5.91 Å². The minimum Gasteiger partial charge on any atom is -0.370 e. The van der Waals surface area contributed by atoms with Crippen molar-refractivity contribution in [3.8, 4) is 0 Å². The van der Waals surface area contributed by atoms with Crippen molar-refractivity contribution in [3.05, 3.63) is 12.2 Å². The van der Waals surface area contributed by atoms with Gasteiger partial charge >= 0.3 is 0 Å². The number of hydrogen-bond acceptors (Lipinski definition) is 1. The summed E-state index contributed by atoms with van der Waals surface area (Å²) < 4.78 is 0. The molecule has 0 fully saturated rings. The van der Waals surface area contributed by atoms with Crippen LogP contribution >= 0.6 is 0 Å². The van der Waals surface area contributed by atoms with E-state index in [1.807, 2.05) is 19.1 Å². The van der Waals surface area contributed by atoms with E-state index in [1.54, 1.807) is 0 Å². The zero-order valence-corrected chi connectivity index (χ0v) is 5.76. The molecule has 0 atom stereocenters. The van der Waals surface area contributed by atoms with E-state index in [2.05, 4.69) is 0 Å². The van der Waals surface area contributed by atoms with E-state index >= 15 is 0 Å². The van der Waals surface area contributed by atoms with Gasteiger partial charge in [-0.25, -0.2) is 0 Å². The van der Waals surface area contributed by atoms with Gasteiger partial charge in [-0.2, -0.15) is 0 Å². The molecule has 0 radical (unpaired) electrons. The van der Waals surface area contributed by atoms with Crippen molar-refractivity contribution >= 4 is 5.91 Å². The fraction of sp³-hybridized carbons (Fsp3) is 0.571. The third-order valence-corrected chi connectivity index (χ3v) is 1.03. The lowest BCUT2D eigenvalue weighted by atomic mass is 10.2. The minimum atomic E-state index is -0.209. The van der Waals surface area contributed by atoms with E-state index in [0.717, 1.165) is 12.8 Å². The Morgan fingerprint density at radius 2 is 2.33 bits per heavy atom. The highest BCUT2D eigenvalue weighted by Crippen LogP contribution is 1.94. The maximum atomic E-state index is 10.2. The Labute approximate surface area is 55.7 Å². The zero-order valence-electron chi connectivity index (χ0n) is 5.76. The van der Waals surface area contributed by atoms with Crippen molar-refractivity contribution in [2.24, 2.45) is 5.73 Å². The summed E-state index contributed by atoms with van der Waals surface area (Å²) in [5.41, 5.74) is 4.91. The molecule has 0 bridgehead atoms. The van der Waals surface area contributed by atoms with Gasteiger partial charge in [0.2, 0.25) is 5.91 Å². The van der Waals surface area contributed by atoms with Crippen LogP contribution in [0, 0.1) is 0 Å². The topological polar surface area (TPSA) is 43.1 Å². The molecular formula is C7H13NO. The first-order chi connectivity index (χ1) is 4.27. The first kappa shape index (κ1) is 8.21. The molecule has 0 saturated heterocycles. The number of carbonyl (C=O) groups is 1. The molecular weight excluding hydrogens is 114 g/mol. The monoisotopic (exact) mass is 127 g/mol. The first-order valence-corrected chi connectivity index (χ1v) is 3.17. The summed E-state index contributed by atoms with van der Waals surface area (Å²) >= 11 is 0. The molecule has 0 aromatic rings. The van der Waals surface area contributed by atoms with E-state index < -0.39 is 0 Å². The number of amides is 1. The molecule has 0 heterocycles. The highest BCUT2D eigenvalue weighted by atomic mass is 16.1. The maximum absolute atomic E-state index is 10.2. The molecule has 0 aliphatic carbocycles. The van der Waals surface area contributed by atoms with E-state index in [0.29, 0.717) is 6.42 Å². The molecule has 0 saturated carbocycles. The second-order valence-corrected chi connectivity index (χ2v) is 1.93. The number of rotatable bonds is 4. The quantitative estimate of drug-likeness (QED) is 0.447. The van der Waals surface area contributed by atoms with Crippen LogP contribution in [0.5, 0.6) is 0 Å². The average Bonchev–Trinajstić information content (AvgIpc) is 1.80. The Morgan fingerprint density at radius 3 is 2.78 bits per heavy atom. The highest BCUT2D eigenvalue weighted by Gasteiger charge is 1.89. The lowest BCUT2D eigenvalue weighted by Gasteiger charge is -1.89. The predicted octanol–water partition coefficient (Wildman–Crippen LogP) is 1.22. The molecule has 1 amide bonds. The standard InChI is InChI=1S/C7H13NO/c1-2-3-4-5-6-7(8)9/h2-3H,4-6H2,1H3,(H2,8,9)/b3-2-. The van der Waals surface area contributed by atoms with Gasteiger partial charge in [0.25, 0.3) is 0 Å². The summed E-state index contributed by atoms with van der Waals surface area (Å²) in [5.74, 6) is -0.209. The van der Waals surface area contributed by atoms with Crippen molar-refractivity contribution in [2.45, 2.75) is 26.2 Å². The van der Waals surface area contributed by atoms with Gasteiger partial charge in [0.1, 0.15) is 0 Å². The van der Waals surface area contributed by atoms with Gasteiger partial charge in [-0.3, -0.25) is 4.79 Å². The molecule has 0 aliphatic heterocycles. The van der Waals surface area contributed by atoms with Gasteiger partial charge in [-0.05, 0) is 19.8 Å². The Bertz CT molecular complexity index is 107. The Morgan fingerprint density at radius 1 is 1.67 bits per heavy atom. The highest BCUT2D eigenvalue weighted by molar-refractivity contribution is 5.73. The Hall–Kier alpha value is -0.790. The molecule has 0 aliphatic rings. The number of primary amides is 1. The van der Waals surface area contributed by atoms with Crippen LogP contribution in [-0.2, 0) is 4.79 Å². The fourth-order valence-corrected chi connectivity index (χ4v) is 0.561. The number of nitrogens with two attached hydrogens (primary N) is 1. The second kappa shape index (κ2) is 5.35. The van der Waals surface area contributed by atoms with Gasteiger partial charge in [-0.15, -0.1) is 0 Å². The van der Waals surface area contributed by atoms with Gasteiger partial charge in [0.05, 0.1) is 0 Å². The van der Waals surface area contributed by atoms with Crippen LogP contribution in [0.1, 0.15) is 26.2 Å². The minimum absolute atomic E-state index is 0.209. The van der Waals surface area contributed by atoms with Crippen molar-refractivity contribution in [1.82, 2.24) is 0 Å². The fourth-order valence-electron chi connectivity index (χ4n) is 0.561. The second-order valence-electron chi connectivity index (χ2n) is 1.93. The van der Waals surface area contributed by atoms with Crippen LogP contribution in [0.4, 0.5) is 0 Å². The number of allylic oxidation sites excluding steroid dienone is 2. The molecule has 0 rings (SSSR count). The van der Waals surface area contributed by atoms with Crippen LogP contribution in [0.3, 0.4) is 0 Å². The lowest BCUT2D eigenvalue weighted by Crippen LogP contribution is -2.09. The molecule has 0 spiro atoms. The van der Waals surface area contributed by atoms with Crippen LogP contribution < -0.4 is 5.73 Å². The van der Waals surface area contributed by atoms with Crippen LogP contribution in [0.2, 0.25) is 0 Å². The van der Waals surface area contributed by atoms with Gasteiger partial charge in [0.15, 0.2) is 0 Å². The largest absolute Gasteiger partial charge is 0.370 e. The SMILES string of the molecule is C/C=C\CCCC(N)=O. The van der Waals surface area contributed by atoms with Gasteiger partial charge < -0.3 is 5.73 Å². The number of unbranched alkanes of at least 4 members (excludes halogenated alkanes) is 1. The molecule has 0 aromatic carbocycles. The average molecular weight is 127 g/mol. The molecule has 52 valence electrons. The third kappa shape index (κ3) is 7.21. The summed E-state index contributed by atoms with van der Waals surface area (Å²) in [6.45, 7) is 1.96. The molecule has 0 aromatic heterocycles. The predicted molar refractivity (Wildman–Crippen MR) is 37.9 cm³/mol. The van der Waals surface area contributed by atoms with Crippen molar-refractivity contribution in [1.29, 1.82) is 0 Å². The summed E-state index contributed by atoms with van der Waals surface area (Å²) in [7, 11) is 0. The molecule has 2 heteroatoms. The summed E-state index contributed by atoms with van der Waals surface area (Å²) in [4.78, 5) is 10.2. The zero-order chi connectivity index (χ0) is 7.11. The maximum Gasteiger partial charge on any atom is 0.217 e. The third-order valence-electron chi connectivity index (χ3n) is 1.03. The molecule has 2 N–H and O–H groups in total. The normalized spacial score (nSPS) is 10.3. The number of carbonyl (C=O) groups excluding carboxylic acids is 1. The van der Waals surface area contributed by atoms with E-state index in [9.17, 15) is 4.79 Å². The first-order valence-electron chi connectivity index (χ1n) is 3.17. The van der Waals surface area contributed by atoms with Crippen LogP contribution in [-0.4, -0.2) is 5.91 Å². The van der Waals surface area contributed by atoms with Crippen LogP contribution in [0.25, 0.3) is 0 Å². The van der Waals surface area contributed by atoms with Crippen molar-refractivity contribution in [3.63, 3.8) is 0 Å². The number of hydrogen-bond donors (Lipinski definition) is 1. The summed E-state index contributed by atoms with van der Waals surface area (Å²) in [6.07, 6.45) is 6.34. The Balaban J connectivity index is 3.01. The van der Waals surface area contributed by atoms with Gasteiger partial charge in [0, 0.05) is 6.42 Å². The van der Waals surface area contributed by atoms with Gasteiger partial charge in [-0.1, -0.05) is 12.2 Å². The van der Waals surface area contributed by atoms with Crippen molar-refractivity contribution in [2.75, 3.05) is 0 Å². The molecule has 2 nitrogen and oxygen atoms in total. The lowest BCUT2D eigenvalue weighted by molar-refractivity contribution is -0.118. The van der Waals surface area contributed by atoms with Crippen LogP contribution in [0.15, 0.2) is 12.2 Å². The summed E-state index contributed by atoms with van der Waals surface area (Å²) in [6, 6.07) is 0. The molecule has 0 unspecified atom stereocenters. The summed E-state index contributed by atoms with van der Waals surface area (Å²) in [5, 5.41) is 0. The van der Waals surface area contributed by atoms with Crippen molar-refractivity contribution < 1.29 is 4.79 Å². The van der Waals surface area contributed by atoms with E-state index in [4.69, 9.17) is 5.73 Å². The smallest absolute Gasteiger partial charge is 0.217 e.